The van der Waals surface area contributed by atoms with Crippen molar-refractivity contribution in [3.05, 3.63) is 71.2 Å². The van der Waals surface area contributed by atoms with Gasteiger partial charge in [0.05, 0.1) is 39.0 Å². The Morgan fingerprint density at radius 2 is 1.51 bits per heavy atom. The van der Waals surface area contributed by atoms with Crippen molar-refractivity contribution >= 4 is 39.1 Å². The van der Waals surface area contributed by atoms with Gasteiger partial charge in [0.15, 0.2) is 11.5 Å². The first kappa shape index (κ1) is 35.3. The van der Waals surface area contributed by atoms with Crippen LogP contribution in [0.3, 0.4) is 0 Å². The third kappa shape index (κ3) is 8.73. The highest BCUT2D eigenvalue weighted by Crippen LogP contribution is 2.37. The van der Waals surface area contributed by atoms with E-state index in [1.54, 1.807) is 37.3 Å². The zero-order chi connectivity index (χ0) is 33.3. The summed E-state index contributed by atoms with van der Waals surface area (Å²) in [5.74, 6) is 0.395. The normalized spacial score (nSPS) is 11.8. The van der Waals surface area contributed by atoms with E-state index < -0.39 is 28.5 Å². The van der Waals surface area contributed by atoms with E-state index in [4.69, 9.17) is 30.5 Å². The summed E-state index contributed by atoms with van der Waals surface area (Å²) in [5.41, 5.74) is 0.715. The third-order valence-corrected chi connectivity index (χ3v) is 8.96. The van der Waals surface area contributed by atoms with Crippen LogP contribution in [0.4, 0.5) is 5.69 Å². The topological polar surface area (TPSA) is 124 Å². The Balaban J connectivity index is 2.14. The van der Waals surface area contributed by atoms with Gasteiger partial charge < -0.3 is 29.2 Å². The number of nitrogens with one attached hydrogen (secondary N) is 1. The van der Waals surface area contributed by atoms with Gasteiger partial charge in [0.25, 0.3) is 10.0 Å². The third-order valence-electron chi connectivity index (χ3n) is 6.97. The fraction of sp³-hybridized carbons (Fsp3) is 0.375. The largest absolute Gasteiger partial charge is 0.497 e. The minimum Gasteiger partial charge on any atom is -0.497 e. The van der Waals surface area contributed by atoms with Gasteiger partial charge in [0.2, 0.25) is 11.8 Å². The highest BCUT2D eigenvalue weighted by atomic mass is 35.5. The van der Waals surface area contributed by atoms with Gasteiger partial charge in [0, 0.05) is 24.2 Å². The summed E-state index contributed by atoms with van der Waals surface area (Å²) in [6.45, 7) is 5.24. The fourth-order valence-corrected chi connectivity index (χ4v) is 6.08. The van der Waals surface area contributed by atoms with Crippen molar-refractivity contribution in [2.24, 2.45) is 5.92 Å². The second-order valence-electron chi connectivity index (χ2n) is 10.5. The van der Waals surface area contributed by atoms with E-state index >= 15 is 0 Å². The van der Waals surface area contributed by atoms with Gasteiger partial charge in [-0.15, -0.1) is 0 Å². The van der Waals surface area contributed by atoms with Gasteiger partial charge in [-0.25, -0.2) is 8.42 Å². The molecule has 3 aromatic rings. The standard InChI is InChI=1S/C32H40ClN3O8S/c1-21(2)18-34-32(38)22(3)35(19-23-9-8-10-25(15-23)41-4)31(37)20-36(27-16-24(33)11-13-28(27)42-5)45(39,40)26-12-14-29(43-6)30(17-26)44-7/h8-17,21-22H,18-20H2,1-7H3,(H,34,38)/t22-/m1/s1. The molecule has 0 aliphatic rings. The molecule has 11 nitrogen and oxygen atoms in total. The summed E-state index contributed by atoms with van der Waals surface area (Å²) in [4.78, 5) is 28.6. The number of benzene rings is 3. The predicted molar refractivity (Wildman–Crippen MR) is 173 cm³/mol. The first-order chi connectivity index (χ1) is 21.4. The van der Waals surface area contributed by atoms with Gasteiger partial charge in [-0.1, -0.05) is 37.6 Å². The van der Waals surface area contributed by atoms with Crippen molar-refractivity contribution in [1.82, 2.24) is 10.2 Å². The van der Waals surface area contributed by atoms with Crippen LogP contribution in [0.15, 0.2) is 65.6 Å². The number of amides is 2. The Kier molecular flexibility index (Phi) is 12.3. The van der Waals surface area contributed by atoms with E-state index in [2.05, 4.69) is 5.32 Å². The maximum atomic E-state index is 14.3. The number of nitrogens with zero attached hydrogens (tertiary/aromatic N) is 2. The molecule has 0 unspecified atom stereocenters. The number of ether oxygens (including phenoxy) is 4. The van der Waals surface area contributed by atoms with Crippen LogP contribution in [0.5, 0.6) is 23.0 Å². The molecule has 0 spiro atoms. The fourth-order valence-electron chi connectivity index (χ4n) is 4.48. The van der Waals surface area contributed by atoms with Crippen molar-refractivity contribution in [2.45, 2.75) is 38.3 Å². The maximum Gasteiger partial charge on any atom is 0.265 e. The van der Waals surface area contributed by atoms with Gasteiger partial charge in [-0.3, -0.25) is 13.9 Å². The minimum absolute atomic E-state index is 0.00320. The lowest BCUT2D eigenvalue weighted by atomic mass is 10.1. The van der Waals surface area contributed by atoms with Crippen LogP contribution in [-0.4, -0.2) is 72.7 Å². The average molecular weight is 662 g/mol. The number of carbonyl (C=O) groups is 2. The number of sulfonamides is 1. The van der Waals surface area contributed by atoms with Gasteiger partial charge in [-0.05, 0) is 60.9 Å². The summed E-state index contributed by atoms with van der Waals surface area (Å²) in [6.07, 6.45) is 0. The van der Waals surface area contributed by atoms with Crippen molar-refractivity contribution in [3.63, 3.8) is 0 Å². The molecule has 244 valence electrons. The Bertz CT molecular complexity index is 1600. The molecule has 3 rings (SSSR count). The van der Waals surface area contributed by atoms with Crippen LogP contribution >= 0.6 is 11.6 Å². The molecule has 0 saturated heterocycles. The zero-order valence-corrected chi connectivity index (χ0v) is 28.1. The van der Waals surface area contributed by atoms with E-state index in [0.29, 0.717) is 23.6 Å². The van der Waals surface area contributed by atoms with E-state index in [1.165, 1.54) is 63.7 Å². The van der Waals surface area contributed by atoms with Crippen LogP contribution in [0.1, 0.15) is 26.3 Å². The van der Waals surface area contributed by atoms with Gasteiger partial charge in [0.1, 0.15) is 24.1 Å². The molecule has 0 heterocycles. The van der Waals surface area contributed by atoms with Gasteiger partial charge >= 0.3 is 0 Å². The van der Waals surface area contributed by atoms with Crippen molar-refractivity contribution in [3.8, 4) is 23.0 Å². The first-order valence-electron chi connectivity index (χ1n) is 14.1. The Morgan fingerprint density at radius 1 is 0.844 bits per heavy atom. The number of anilines is 1. The summed E-state index contributed by atoms with van der Waals surface area (Å²) >= 11 is 6.31. The number of rotatable bonds is 15. The molecule has 0 aliphatic heterocycles. The maximum absolute atomic E-state index is 14.3. The lowest BCUT2D eigenvalue weighted by Gasteiger charge is -2.32. The Morgan fingerprint density at radius 3 is 2.13 bits per heavy atom. The molecule has 1 atom stereocenters. The summed E-state index contributed by atoms with van der Waals surface area (Å²) < 4.78 is 51.0. The first-order valence-corrected chi connectivity index (χ1v) is 16.0. The van der Waals surface area contributed by atoms with E-state index in [1.807, 2.05) is 13.8 Å². The minimum atomic E-state index is -4.45. The molecule has 0 aromatic heterocycles. The quantitative estimate of drug-likeness (QED) is 0.247. The van der Waals surface area contributed by atoms with Gasteiger partial charge in [-0.2, -0.15) is 0 Å². The molecule has 3 aromatic carbocycles. The molecule has 2 amide bonds. The van der Waals surface area contributed by atoms with Crippen LogP contribution in [0, 0.1) is 5.92 Å². The van der Waals surface area contributed by atoms with Crippen LogP contribution in [0.2, 0.25) is 5.02 Å². The molecular weight excluding hydrogens is 622 g/mol. The molecule has 0 saturated carbocycles. The Hall–Kier alpha value is -4.16. The van der Waals surface area contributed by atoms with Crippen LogP contribution in [-0.2, 0) is 26.2 Å². The molecule has 13 heteroatoms. The van der Waals surface area contributed by atoms with E-state index in [-0.39, 0.29) is 45.5 Å². The number of methoxy groups -OCH3 is 4. The summed E-state index contributed by atoms with van der Waals surface area (Å²) in [5, 5.41) is 3.09. The highest BCUT2D eigenvalue weighted by Gasteiger charge is 2.34. The number of hydrogen-bond donors (Lipinski definition) is 1. The SMILES string of the molecule is COc1cccc(CN(C(=O)CN(c2cc(Cl)ccc2OC)S(=O)(=O)c2ccc(OC)c(OC)c2)[C@H](C)C(=O)NCC(C)C)c1. The summed E-state index contributed by atoms with van der Waals surface area (Å²) in [7, 11) is 1.28. The smallest absolute Gasteiger partial charge is 0.265 e. The summed E-state index contributed by atoms with van der Waals surface area (Å²) in [6, 6.07) is 14.7. The lowest BCUT2D eigenvalue weighted by molar-refractivity contribution is -0.139. The molecule has 0 fully saturated rings. The molecule has 0 radical (unpaired) electrons. The van der Waals surface area contributed by atoms with Crippen molar-refractivity contribution in [1.29, 1.82) is 0 Å². The van der Waals surface area contributed by atoms with Crippen LogP contribution < -0.4 is 28.6 Å². The second kappa shape index (κ2) is 15.7. The lowest BCUT2D eigenvalue weighted by Crippen LogP contribution is -2.51. The molecule has 1 N–H and O–H groups in total. The Labute approximate surface area is 270 Å². The van der Waals surface area contributed by atoms with Crippen molar-refractivity contribution in [2.75, 3.05) is 45.8 Å². The van der Waals surface area contributed by atoms with E-state index in [9.17, 15) is 18.0 Å². The number of carbonyl (C=O) groups excluding carboxylic acids is 2. The molecule has 0 aliphatic carbocycles. The van der Waals surface area contributed by atoms with Crippen LogP contribution in [0.25, 0.3) is 0 Å². The monoisotopic (exact) mass is 661 g/mol. The van der Waals surface area contributed by atoms with Crippen molar-refractivity contribution < 1.29 is 37.0 Å². The zero-order valence-electron chi connectivity index (χ0n) is 26.5. The molecular formula is C32H40ClN3O8S. The predicted octanol–water partition coefficient (Wildman–Crippen LogP) is 4.76. The number of halogens is 1. The average Bonchev–Trinajstić information content (AvgIpc) is 3.03. The molecule has 45 heavy (non-hydrogen) atoms. The molecule has 0 bridgehead atoms. The highest BCUT2D eigenvalue weighted by molar-refractivity contribution is 7.92. The second-order valence-corrected chi connectivity index (χ2v) is 12.8. The van der Waals surface area contributed by atoms with E-state index in [0.717, 1.165) is 4.31 Å². The number of hydrogen-bond acceptors (Lipinski definition) is 8.